The van der Waals surface area contributed by atoms with Gasteiger partial charge in [-0.05, 0) is 60.3 Å². The lowest BCUT2D eigenvalue weighted by atomic mass is 10.2. The van der Waals surface area contributed by atoms with Crippen molar-refractivity contribution in [2.45, 2.75) is 20.0 Å². The summed E-state index contributed by atoms with van der Waals surface area (Å²) >= 11 is 1.22. The molecule has 0 radical (unpaired) electrons. The van der Waals surface area contributed by atoms with Crippen LogP contribution in [0.15, 0.2) is 69.6 Å². The molecule has 35 heavy (non-hydrogen) atoms. The molecule has 0 aliphatic rings. The third kappa shape index (κ3) is 5.17. The predicted octanol–water partition coefficient (Wildman–Crippen LogP) is 3.10. The fourth-order valence-corrected chi connectivity index (χ4v) is 4.43. The first-order valence-corrected chi connectivity index (χ1v) is 11.7. The van der Waals surface area contributed by atoms with E-state index in [0.29, 0.717) is 27.2 Å². The molecule has 0 aliphatic carbocycles. The van der Waals surface area contributed by atoms with Crippen LogP contribution in [0, 0.1) is 0 Å². The van der Waals surface area contributed by atoms with Gasteiger partial charge >= 0.3 is 11.7 Å². The van der Waals surface area contributed by atoms with Crippen molar-refractivity contribution < 1.29 is 19.1 Å². The number of aromatic nitrogens is 2. The molecule has 1 N–H and O–H groups in total. The van der Waals surface area contributed by atoms with Crippen LogP contribution in [0.4, 0.5) is 5.69 Å². The number of carbonyl (C=O) groups is 2. The first kappa shape index (κ1) is 24.0. The van der Waals surface area contributed by atoms with Gasteiger partial charge in [-0.15, -0.1) is 11.3 Å². The van der Waals surface area contributed by atoms with Crippen molar-refractivity contribution in [1.82, 2.24) is 9.13 Å². The topological polar surface area (TPSA) is 109 Å². The number of esters is 1. The first-order chi connectivity index (χ1) is 16.9. The van der Waals surface area contributed by atoms with Crippen molar-refractivity contribution in [1.29, 1.82) is 0 Å². The van der Waals surface area contributed by atoms with Gasteiger partial charge in [-0.2, -0.15) is 0 Å². The molecular weight excluding hydrogens is 470 g/mol. The van der Waals surface area contributed by atoms with Gasteiger partial charge in [-0.1, -0.05) is 12.1 Å². The molecule has 180 valence electrons. The summed E-state index contributed by atoms with van der Waals surface area (Å²) in [6.07, 6.45) is 0. The molecule has 0 fully saturated rings. The maximum absolute atomic E-state index is 13.3. The Morgan fingerprint density at radius 3 is 2.34 bits per heavy atom. The number of rotatable bonds is 8. The molecule has 2 heterocycles. The second-order valence-electron chi connectivity index (χ2n) is 7.59. The highest BCUT2D eigenvalue weighted by atomic mass is 32.1. The number of anilines is 1. The smallest absolute Gasteiger partial charge is 0.338 e. The number of carbonyl (C=O) groups excluding carboxylic acids is 2. The number of amides is 1. The molecule has 2 aromatic carbocycles. The number of methoxy groups -OCH3 is 1. The van der Waals surface area contributed by atoms with Crippen molar-refractivity contribution >= 4 is 39.1 Å². The van der Waals surface area contributed by atoms with Crippen LogP contribution in [-0.4, -0.2) is 34.7 Å². The van der Waals surface area contributed by atoms with E-state index < -0.39 is 23.1 Å². The van der Waals surface area contributed by atoms with Crippen molar-refractivity contribution in [3.63, 3.8) is 0 Å². The van der Waals surface area contributed by atoms with Crippen LogP contribution in [0.25, 0.3) is 10.2 Å². The molecule has 4 aromatic rings. The van der Waals surface area contributed by atoms with Gasteiger partial charge in [-0.25, -0.2) is 9.59 Å². The highest BCUT2D eigenvalue weighted by molar-refractivity contribution is 7.17. The Labute approximate surface area is 204 Å². The van der Waals surface area contributed by atoms with E-state index in [1.54, 1.807) is 74.0 Å². The van der Waals surface area contributed by atoms with E-state index in [1.165, 1.54) is 15.9 Å². The second kappa shape index (κ2) is 10.4. The lowest BCUT2D eigenvalue weighted by molar-refractivity contribution is -0.116. The molecule has 4 rings (SSSR count). The van der Waals surface area contributed by atoms with Crippen LogP contribution in [0.2, 0.25) is 0 Å². The van der Waals surface area contributed by atoms with E-state index in [0.717, 1.165) is 10.1 Å². The summed E-state index contributed by atoms with van der Waals surface area (Å²) in [5.74, 6) is -0.229. The molecule has 10 heteroatoms. The fourth-order valence-electron chi connectivity index (χ4n) is 3.59. The minimum Gasteiger partial charge on any atom is -0.497 e. The van der Waals surface area contributed by atoms with Crippen LogP contribution < -0.4 is 21.3 Å². The van der Waals surface area contributed by atoms with Gasteiger partial charge < -0.3 is 14.8 Å². The molecule has 0 saturated heterocycles. The SMILES string of the molecule is CCOC(=O)c1ccc(NC(=O)Cn2c(=O)n(Cc3ccc(OC)cc3)c(=O)c3sccc32)cc1. The Morgan fingerprint density at radius 1 is 0.971 bits per heavy atom. The lowest BCUT2D eigenvalue weighted by Gasteiger charge is -2.13. The van der Waals surface area contributed by atoms with Crippen molar-refractivity contribution in [3.05, 3.63) is 91.9 Å². The van der Waals surface area contributed by atoms with E-state index in [2.05, 4.69) is 5.32 Å². The Hall–Kier alpha value is -4.18. The summed E-state index contributed by atoms with van der Waals surface area (Å²) in [5.41, 5.74) is 1.00. The van der Waals surface area contributed by atoms with Gasteiger partial charge in [0.25, 0.3) is 5.56 Å². The molecule has 0 saturated carbocycles. The Morgan fingerprint density at radius 2 is 1.69 bits per heavy atom. The van der Waals surface area contributed by atoms with E-state index >= 15 is 0 Å². The fraction of sp³-hybridized carbons (Fsp3) is 0.200. The number of hydrogen-bond donors (Lipinski definition) is 1. The number of hydrogen-bond acceptors (Lipinski definition) is 7. The summed E-state index contributed by atoms with van der Waals surface area (Å²) in [6.45, 7) is 1.77. The Bertz CT molecular complexity index is 1480. The van der Waals surface area contributed by atoms with Gasteiger partial charge in [0, 0.05) is 5.69 Å². The van der Waals surface area contributed by atoms with Crippen LogP contribution in [0.1, 0.15) is 22.8 Å². The Balaban J connectivity index is 1.59. The second-order valence-corrected chi connectivity index (χ2v) is 8.51. The summed E-state index contributed by atoms with van der Waals surface area (Å²) in [5, 5.41) is 4.43. The van der Waals surface area contributed by atoms with Gasteiger partial charge in [-0.3, -0.25) is 18.7 Å². The average molecular weight is 494 g/mol. The number of ether oxygens (including phenoxy) is 2. The van der Waals surface area contributed by atoms with Crippen LogP contribution in [0.3, 0.4) is 0 Å². The standard InChI is InChI=1S/C25H23N3O6S/c1-3-34-24(31)17-6-8-18(9-7-17)26-21(29)15-27-20-12-13-35-22(20)23(30)28(25(27)32)14-16-4-10-19(33-2)11-5-16/h4-13H,3,14-15H2,1-2H3,(H,26,29). The van der Waals surface area contributed by atoms with Crippen LogP contribution in [0.5, 0.6) is 5.75 Å². The van der Waals surface area contributed by atoms with Gasteiger partial charge in [0.1, 0.15) is 17.0 Å². The maximum Gasteiger partial charge on any atom is 0.338 e. The average Bonchev–Trinajstić information content (AvgIpc) is 3.35. The van der Waals surface area contributed by atoms with E-state index in [1.807, 2.05) is 0 Å². The Kier molecular flexibility index (Phi) is 7.11. The number of nitrogens with zero attached hydrogens (tertiary/aromatic N) is 2. The van der Waals surface area contributed by atoms with Crippen LogP contribution in [-0.2, 0) is 22.6 Å². The highest BCUT2D eigenvalue weighted by Crippen LogP contribution is 2.17. The minimum atomic E-state index is -0.579. The largest absolute Gasteiger partial charge is 0.497 e. The normalized spacial score (nSPS) is 10.8. The molecular formula is C25H23N3O6S. The number of thiophene rings is 1. The lowest BCUT2D eigenvalue weighted by Crippen LogP contribution is -2.41. The van der Waals surface area contributed by atoms with Crippen molar-refractivity contribution in [2.75, 3.05) is 19.0 Å². The quantitative estimate of drug-likeness (QED) is 0.378. The van der Waals surface area contributed by atoms with Crippen LogP contribution >= 0.6 is 11.3 Å². The van der Waals surface area contributed by atoms with Gasteiger partial charge in [0.05, 0.1) is 31.3 Å². The van der Waals surface area contributed by atoms with E-state index in [4.69, 9.17) is 9.47 Å². The zero-order valence-corrected chi connectivity index (χ0v) is 20.0. The summed E-state index contributed by atoms with van der Waals surface area (Å²) in [6, 6.07) is 15.0. The molecule has 0 bridgehead atoms. The minimum absolute atomic E-state index is 0.0619. The van der Waals surface area contributed by atoms with Gasteiger partial charge in [0.15, 0.2) is 0 Å². The third-order valence-electron chi connectivity index (χ3n) is 5.32. The van der Waals surface area contributed by atoms with Crippen molar-refractivity contribution in [2.24, 2.45) is 0 Å². The molecule has 0 atom stereocenters. The maximum atomic E-state index is 13.3. The summed E-state index contributed by atoms with van der Waals surface area (Å²) in [7, 11) is 1.56. The molecule has 0 unspecified atom stereocenters. The van der Waals surface area contributed by atoms with Gasteiger partial charge in [0.2, 0.25) is 5.91 Å². The number of fused-ring (bicyclic) bond motifs is 1. The summed E-state index contributed by atoms with van der Waals surface area (Å²) in [4.78, 5) is 50.9. The molecule has 0 aliphatic heterocycles. The predicted molar refractivity (Wildman–Crippen MR) is 133 cm³/mol. The zero-order valence-electron chi connectivity index (χ0n) is 19.1. The monoisotopic (exact) mass is 493 g/mol. The molecule has 2 aromatic heterocycles. The van der Waals surface area contributed by atoms with E-state index in [-0.39, 0.29) is 19.7 Å². The summed E-state index contributed by atoms with van der Waals surface area (Å²) < 4.78 is 12.9. The first-order valence-electron chi connectivity index (χ1n) is 10.8. The van der Waals surface area contributed by atoms with Crippen molar-refractivity contribution in [3.8, 4) is 5.75 Å². The molecule has 1 amide bonds. The molecule has 0 spiro atoms. The molecule has 9 nitrogen and oxygen atoms in total. The number of benzene rings is 2. The third-order valence-corrected chi connectivity index (χ3v) is 6.21. The zero-order chi connectivity index (χ0) is 24.9. The highest BCUT2D eigenvalue weighted by Gasteiger charge is 2.17. The number of nitrogens with one attached hydrogen (secondary N) is 1. The van der Waals surface area contributed by atoms with E-state index in [9.17, 15) is 19.2 Å².